The van der Waals surface area contributed by atoms with Crippen LogP contribution >= 0.6 is 0 Å². The van der Waals surface area contributed by atoms with Crippen LogP contribution in [0.4, 0.5) is 5.82 Å². The van der Waals surface area contributed by atoms with Gasteiger partial charge in [-0.3, -0.25) is 14.5 Å². The normalized spacial score (nSPS) is 16.3. The fourth-order valence-electron chi connectivity index (χ4n) is 2.63. The van der Waals surface area contributed by atoms with Crippen molar-refractivity contribution < 1.29 is 14.1 Å². The molecule has 8 nitrogen and oxygen atoms in total. The highest BCUT2D eigenvalue weighted by Gasteiger charge is 2.19. The number of anilines is 1. The Labute approximate surface area is 142 Å². The average Bonchev–Trinajstić information content (AvgIpc) is 2.90. The molecule has 0 aromatic carbocycles. The number of amides is 2. The third-order valence-electron chi connectivity index (χ3n) is 3.83. The van der Waals surface area contributed by atoms with Crippen LogP contribution < -0.4 is 10.6 Å². The van der Waals surface area contributed by atoms with Crippen LogP contribution in [0.5, 0.6) is 0 Å². The van der Waals surface area contributed by atoms with E-state index in [0.717, 1.165) is 26.2 Å². The van der Waals surface area contributed by atoms with Crippen LogP contribution in [0.1, 0.15) is 26.0 Å². The minimum absolute atomic E-state index is 0.0676. The summed E-state index contributed by atoms with van der Waals surface area (Å²) >= 11 is 0. The first-order valence-corrected chi connectivity index (χ1v) is 8.39. The molecule has 1 aromatic heterocycles. The van der Waals surface area contributed by atoms with Crippen LogP contribution in [0.15, 0.2) is 10.6 Å². The molecule has 1 saturated heterocycles. The molecule has 0 bridgehead atoms. The lowest BCUT2D eigenvalue weighted by Crippen LogP contribution is -2.50. The van der Waals surface area contributed by atoms with E-state index >= 15 is 0 Å². The molecule has 134 valence electrons. The standard InChI is InChI=1S/C16H27N5O3/c1-12(2)17-16(23)11-21-8-6-20(7-9-21)5-4-15(22)18-14-10-13(3)24-19-14/h10,12H,4-9,11H2,1-3H3,(H,17,23)(H,18,19,22). The highest BCUT2D eigenvalue weighted by molar-refractivity contribution is 5.89. The summed E-state index contributed by atoms with van der Waals surface area (Å²) in [5, 5.41) is 9.37. The van der Waals surface area contributed by atoms with E-state index in [1.807, 2.05) is 13.8 Å². The Hall–Kier alpha value is -1.93. The molecule has 2 heterocycles. The summed E-state index contributed by atoms with van der Waals surface area (Å²) < 4.78 is 4.91. The third-order valence-corrected chi connectivity index (χ3v) is 3.83. The molecule has 2 amide bonds. The summed E-state index contributed by atoms with van der Waals surface area (Å²) in [6.45, 7) is 10.3. The zero-order valence-corrected chi connectivity index (χ0v) is 14.7. The van der Waals surface area contributed by atoms with E-state index in [9.17, 15) is 9.59 Å². The second-order valence-corrected chi connectivity index (χ2v) is 6.46. The number of nitrogens with zero attached hydrogens (tertiary/aromatic N) is 3. The maximum Gasteiger partial charge on any atom is 0.234 e. The Balaban J connectivity index is 1.62. The van der Waals surface area contributed by atoms with E-state index in [0.29, 0.717) is 31.1 Å². The number of hydrogen-bond acceptors (Lipinski definition) is 6. The molecular weight excluding hydrogens is 310 g/mol. The molecular formula is C16H27N5O3. The maximum absolute atomic E-state index is 11.9. The maximum atomic E-state index is 11.9. The van der Waals surface area contributed by atoms with Crippen molar-refractivity contribution in [1.82, 2.24) is 20.3 Å². The molecule has 0 spiro atoms. The topological polar surface area (TPSA) is 90.7 Å². The number of piperazine rings is 1. The Morgan fingerprint density at radius 2 is 1.88 bits per heavy atom. The van der Waals surface area contributed by atoms with E-state index in [4.69, 9.17) is 4.52 Å². The predicted octanol–water partition coefficient (Wildman–Crippen LogP) is 0.454. The smallest absolute Gasteiger partial charge is 0.234 e. The van der Waals surface area contributed by atoms with Gasteiger partial charge in [-0.15, -0.1) is 0 Å². The molecule has 0 radical (unpaired) electrons. The van der Waals surface area contributed by atoms with Gasteiger partial charge < -0.3 is 20.1 Å². The van der Waals surface area contributed by atoms with Crippen LogP contribution in [-0.2, 0) is 9.59 Å². The van der Waals surface area contributed by atoms with Crippen molar-refractivity contribution in [3.05, 3.63) is 11.8 Å². The average molecular weight is 337 g/mol. The van der Waals surface area contributed by atoms with Gasteiger partial charge in [0.25, 0.3) is 0 Å². The van der Waals surface area contributed by atoms with Crippen molar-refractivity contribution in [2.24, 2.45) is 0 Å². The monoisotopic (exact) mass is 337 g/mol. The zero-order chi connectivity index (χ0) is 17.5. The van der Waals surface area contributed by atoms with Crippen molar-refractivity contribution in [2.45, 2.75) is 33.2 Å². The third kappa shape index (κ3) is 6.29. The quantitative estimate of drug-likeness (QED) is 0.751. The molecule has 1 aromatic rings. The van der Waals surface area contributed by atoms with Gasteiger partial charge in [0.05, 0.1) is 6.54 Å². The van der Waals surface area contributed by atoms with Crippen LogP contribution in [0.25, 0.3) is 0 Å². The van der Waals surface area contributed by atoms with Crippen molar-refractivity contribution in [1.29, 1.82) is 0 Å². The van der Waals surface area contributed by atoms with Crippen molar-refractivity contribution in [3.63, 3.8) is 0 Å². The van der Waals surface area contributed by atoms with Gasteiger partial charge in [-0.2, -0.15) is 0 Å². The molecule has 8 heteroatoms. The highest BCUT2D eigenvalue weighted by Crippen LogP contribution is 2.08. The predicted molar refractivity (Wildman–Crippen MR) is 90.6 cm³/mol. The fraction of sp³-hybridized carbons (Fsp3) is 0.688. The Kier molecular flexibility index (Phi) is 6.74. The first kappa shape index (κ1) is 18.4. The van der Waals surface area contributed by atoms with E-state index in [-0.39, 0.29) is 17.9 Å². The van der Waals surface area contributed by atoms with Gasteiger partial charge >= 0.3 is 0 Å². The molecule has 0 atom stereocenters. The molecule has 2 N–H and O–H groups in total. The molecule has 0 aliphatic carbocycles. The number of carbonyl (C=O) groups is 2. The van der Waals surface area contributed by atoms with Gasteiger partial charge in [-0.25, -0.2) is 0 Å². The molecule has 1 fully saturated rings. The lowest BCUT2D eigenvalue weighted by molar-refractivity contribution is -0.123. The van der Waals surface area contributed by atoms with E-state index in [1.54, 1.807) is 13.0 Å². The summed E-state index contributed by atoms with van der Waals surface area (Å²) in [5.41, 5.74) is 0. The Morgan fingerprint density at radius 1 is 1.21 bits per heavy atom. The summed E-state index contributed by atoms with van der Waals surface area (Å²) in [6.07, 6.45) is 0.416. The molecule has 1 aliphatic heterocycles. The van der Waals surface area contributed by atoms with E-state index < -0.39 is 0 Å². The van der Waals surface area contributed by atoms with Gasteiger partial charge in [0.15, 0.2) is 5.82 Å². The van der Waals surface area contributed by atoms with Crippen molar-refractivity contribution in [3.8, 4) is 0 Å². The molecule has 2 rings (SSSR count). The molecule has 0 saturated carbocycles. The van der Waals surface area contributed by atoms with E-state index in [2.05, 4.69) is 25.6 Å². The molecule has 24 heavy (non-hydrogen) atoms. The van der Waals surface area contributed by atoms with Crippen molar-refractivity contribution in [2.75, 3.05) is 44.6 Å². The molecule has 1 aliphatic rings. The largest absolute Gasteiger partial charge is 0.360 e. The fourth-order valence-corrected chi connectivity index (χ4v) is 2.63. The highest BCUT2D eigenvalue weighted by atomic mass is 16.5. The van der Waals surface area contributed by atoms with Crippen LogP contribution in [0, 0.1) is 6.92 Å². The first-order valence-electron chi connectivity index (χ1n) is 8.39. The van der Waals surface area contributed by atoms with Gasteiger partial charge in [-0.1, -0.05) is 5.16 Å². The lowest BCUT2D eigenvalue weighted by Gasteiger charge is -2.34. The van der Waals surface area contributed by atoms with Crippen LogP contribution in [0.2, 0.25) is 0 Å². The number of rotatable bonds is 7. The summed E-state index contributed by atoms with van der Waals surface area (Å²) in [7, 11) is 0. The minimum atomic E-state index is -0.0676. The number of aromatic nitrogens is 1. The summed E-state index contributed by atoms with van der Waals surface area (Å²) in [6, 6.07) is 1.87. The Morgan fingerprint density at radius 3 is 2.46 bits per heavy atom. The summed E-state index contributed by atoms with van der Waals surface area (Å²) in [5.74, 6) is 1.13. The minimum Gasteiger partial charge on any atom is -0.360 e. The van der Waals surface area contributed by atoms with Gasteiger partial charge in [-0.05, 0) is 20.8 Å². The van der Waals surface area contributed by atoms with Gasteiger partial charge in [0.1, 0.15) is 5.76 Å². The first-order chi connectivity index (χ1) is 11.4. The van der Waals surface area contributed by atoms with Crippen LogP contribution in [0.3, 0.4) is 0 Å². The second-order valence-electron chi connectivity index (χ2n) is 6.46. The van der Waals surface area contributed by atoms with Gasteiger partial charge in [0, 0.05) is 51.3 Å². The Bertz CT molecular complexity index is 550. The number of hydrogen-bond donors (Lipinski definition) is 2. The zero-order valence-electron chi connectivity index (χ0n) is 14.7. The number of aryl methyl sites for hydroxylation is 1. The lowest BCUT2D eigenvalue weighted by atomic mass is 10.2. The molecule has 0 unspecified atom stereocenters. The van der Waals surface area contributed by atoms with Crippen molar-refractivity contribution >= 4 is 17.6 Å². The SMILES string of the molecule is Cc1cc(NC(=O)CCN2CCN(CC(=O)NC(C)C)CC2)no1. The van der Waals surface area contributed by atoms with Crippen LogP contribution in [-0.4, -0.2) is 72.1 Å². The number of nitrogens with one attached hydrogen (secondary N) is 2. The van der Waals surface area contributed by atoms with E-state index in [1.165, 1.54) is 0 Å². The number of carbonyl (C=O) groups excluding carboxylic acids is 2. The second kappa shape index (κ2) is 8.79. The van der Waals surface area contributed by atoms with Gasteiger partial charge in [0.2, 0.25) is 11.8 Å². The summed E-state index contributed by atoms with van der Waals surface area (Å²) in [4.78, 5) is 28.0.